The maximum absolute atomic E-state index is 11.8. The van der Waals surface area contributed by atoms with E-state index in [4.69, 9.17) is 9.84 Å². The predicted molar refractivity (Wildman–Crippen MR) is 68.1 cm³/mol. The summed E-state index contributed by atoms with van der Waals surface area (Å²) in [5.74, 6) is -1.24. The summed E-state index contributed by atoms with van der Waals surface area (Å²) < 4.78 is 6.25. The molecule has 0 aromatic carbocycles. The molecule has 0 fully saturated rings. The number of carboxylic acid groups (broad SMARTS) is 1. The molecule has 1 atom stereocenters. The molecule has 1 unspecified atom stereocenters. The monoisotopic (exact) mass is 269 g/mol. The minimum absolute atomic E-state index is 0.110. The highest BCUT2D eigenvalue weighted by Gasteiger charge is 2.19. The second-order valence-corrected chi connectivity index (χ2v) is 4.23. The first kappa shape index (κ1) is 15.2. The molecular weight excluding hydrogens is 250 g/mol. The van der Waals surface area contributed by atoms with Gasteiger partial charge in [0.15, 0.2) is 0 Å². The maximum atomic E-state index is 11.8. The first-order valence-corrected chi connectivity index (χ1v) is 6.03. The number of aryl methyl sites for hydroxylation is 1. The van der Waals surface area contributed by atoms with Crippen LogP contribution in [0.5, 0.6) is 0 Å². The lowest BCUT2D eigenvalue weighted by Crippen LogP contribution is -2.32. The first-order chi connectivity index (χ1) is 8.97. The molecule has 0 aliphatic rings. The Labute approximate surface area is 111 Å². The lowest BCUT2D eigenvalue weighted by Gasteiger charge is -2.12. The van der Waals surface area contributed by atoms with E-state index >= 15 is 0 Å². The van der Waals surface area contributed by atoms with E-state index in [0.717, 1.165) is 6.42 Å². The van der Waals surface area contributed by atoms with Gasteiger partial charge in [0.1, 0.15) is 11.6 Å². The minimum Gasteiger partial charge on any atom is -0.478 e. The van der Waals surface area contributed by atoms with Gasteiger partial charge < -0.3 is 15.2 Å². The van der Waals surface area contributed by atoms with Crippen LogP contribution >= 0.6 is 0 Å². The number of aromatic carboxylic acids is 1. The molecule has 1 amide bonds. The molecule has 7 heteroatoms. The molecule has 1 rings (SSSR count). The van der Waals surface area contributed by atoms with E-state index < -0.39 is 12.0 Å². The van der Waals surface area contributed by atoms with Gasteiger partial charge in [-0.25, -0.2) is 4.79 Å². The standard InChI is InChI=1S/C12H19N3O4/c1-8-10(12(17)18)7-15(14-8)9(2)11(16)13-5-4-6-19-3/h7,9H,4-6H2,1-3H3,(H,13,16)(H,17,18). The minimum atomic E-state index is -1.04. The van der Waals surface area contributed by atoms with Crippen molar-refractivity contribution in [2.45, 2.75) is 26.3 Å². The number of carboxylic acids is 1. The Kier molecular flexibility index (Phi) is 5.50. The maximum Gasteiger partial charge on any atom is 0.339 e. The molecule has 1 aromatic rings. The van der Waals surface area contributed by atoms with Gasteiger partial charge in [0.25, 0.3) is 0 Å². The fraction of sp³-hybridized carbons (Fsp3) is 0.583. The Morgan fingerprint density at radius 2 is 2.26 bits per heavy atom. The van der Waals surface area contributed by atoms with Gasteiger partial charge in [0.05, 0.1) is 5.69 Å². The molecule has 1 heterocycles. The lowest BCUT2D eigenvalue weighted by atomic mass is 10.2. The summed E-state index contributed by atoms with van der Waals surface area (Å²) in [6.07, 6.45) is 2.10. The zero-order valence-electron chi connectivity index (χ0n) is 11.3. The summed E-state index contributed by atoms with van der Waals surface area (Å²) in [4.78, 5) is 22.7. The zero-order valence-corrected chi connectivity index (χ0v) is 11.3. The molecule has 19 heavy (non-hydrogen) atoms. The lowest BCUT2D eigenvalue weighted by molar-refractivity contribution is -0.124. The van der Waals surface area contributed by atoms with Crippen LogP contribution in [-0.2, 0) is 9.53 Å². The third-order valence-corrected chi connectivity index (χ3v) is 2.75. The van der Waals surface area contributed by atoms with Crippen LogP contribution < -0.4 is 5.32 Å². The van der Waals surface area contributed by atoms with Crippen molar-refractivity contribution in [2.75, 3.05) is 20.3 Å². The van der Waals surface area contributed by atoms with Gasteiger partial charge in [0, 0.05) is 26.5 Å². The van der Waals surface area contributed by atoms with Crippen molar-refractivity contribution in [3.8, 4) is 0 Å². The Hall–Kier alpha value is -1.89. The number of hydrogen-bond acceptors (Lipinski definition) is 4. The first-order valence-electron chi connectivity index (χ1n) is 6.03. The second-order valence-electron chi connectivity index (χ2n) is 4.23. The predicted octanol–water partition coefficient (Wildman–Crippen LogP) is 0.603. The molecule has 0 saturated heterocycles. The summed E-state index contributed by atoms with van der Waals surface area (Å²) >= 11 is 0. The number of aromatic nitrogens is 2. The van der Waals surface area contributed by atoms with Gasteiger partial charge in [-0.05, 0) is 20.3 Å². The van der Waals surface area contributed by atoms with Crippen molar-refractivity contribution < 1.29 is 19.4 Å². The molecule has 7 nitrogen and oxygen atoms in total. The average molecular weight is 269 g/mol. The van der Waals surface area contributed by atoms with E-state index in [9.17, 15) is 9.59 Å². The molecule has 2 N–H and O–H groups in total. The number of nitrogens with zero attached hydrogens (tertiary/aromatic N) is 2. The molecule has 0 radical (unpaired) electrons. The number of methoxy groups -OCH3 is 1. The van der Waals surface area contributed by atoms with Gasteiger partial charge in [-0.1, -0.05) is 0 Å². The third kappa shape index (κ3) is 4.06. The molecular formula is C12H19N3O4. The van der Waals surface area contributed by atoms with Crippen LogP contribution in [0.3, 0.4) is 0 Å². The van der Waals surface area contributed by atoms with E-state index in [1.807, 2.05) is 0 Å². The quantitative estimate of drug-likeness (QED) is 0.707. The Bertz CT molecular complexity index is 456. The summed E-state index contributed by atoms with van der Waals surface area (Å²) in [7, 11) is 1.60. The van der Waals surface area contributed by atoms with Crippen LogP contribution in [0.4, 0.5) is 0 Å². The highest BCUT2D eigenvalue weighted by molar-refractivity contribution is 5.88. The van der Waals surface area contributed by atoms with Crippen LogP contribution in [0.25, 0.3) is 0 Å². The van der Waals surface area contributed by atoms with Crippen LogP contribution in [-0.4, -0.2) is 47.0 Å². The Morgan fingerprint density at radius 3 is 2.79 bits per heavy atom. The number of ether oxygens (including phenoxy) is 1. The summed E-state index contributed by atoms with van der Waals surface area (Å²) in [5.41, 5.74) is 0.505. The van der Waals surface area contributed by atoms with Crippen molar-refractivity contribution in [1.82, 2.24) is 15.1 Å². The molecule has 0 saturated carbocycles. The number of hydrogen-bond donors (Lipinski definition) is 2. The smallest absolute Gasteiger partial charge is 0.339 e. The van der Waals surface area contributed by atoms with E-state index in [-0.39, 0.29) is 11.5 Å². The second kappa shape index (κ2) is 6.89. The molecule has 0 aliphatic heterocycles. The average Bonchev–Trinajstić information content (AvgIpc) is 2.75. The number of carbonyl (C=O) groups excluding carboxylic acids is 1. The van der Waals surface area contributed by atoms with Crippen molar-refractivity contribution >= 4 is 11.9 Å². The molecule has 0 spiro atoms. The highest BCUT2D eigenvalue weighted by atomic mass is 16.5. The topological polar surface area (TPSA) is 93.5 Å². The van der Waals surface area contributed by atoms with E-state index in [1.54, 1.807) is 21.0 Å². The zero-order chi connectivity index (χ0) is 14.4. The summed E-state index contributed by atoms with van der Waals surface area (Å²) in [6.45, 7) is 4.37. The number of amides is 1. The number of rotatable bonds is 7. The van der Waals surface area contributed by atoms with Gasteiger partial charge >= 0.3 is 5.97 Å². The summed E-state index contributed by atoms with van der Waals surface area (Å²) in [5, 5.41) is 15.7. The van der Waals surface area contributed by atoms with Crippen LogP contribution in [0.1, 0.15) is 35.4 Å². The molecule has 0 aliphatic carbocycles. The third-order valence-electron chi connectivity index (χ3n) is 2.75. The van der Waals surface area contributed by atoms with Crippen LogP contribution in [0.2, 0.25) is 0 Å². The molecule has 1 aromatic heterocycles. The van der Waals surface area contributed by atoms with Crippen molar-refractivity contribution in [2.24, 2.45) is 0 Å². The normalized spacial score (nSPS) is 12.2. The van der Waals surface area contributed by atoms with Gasteiger partial charge in [-0.15, -0.1) is 0 Å². The summed E-state index contributed by atoms with van der Waals surface area (Å²) in [6, 6.07) is -0.547. The molecule has 106 valence electrons. The van der Waals surface area contributed by atoms with Gasteiger partial charge in [0.2, 0.25) is 5.91 Å². The van der Waals surface area contributed by atoms with Crippen molar-refractivity contribution in [3.63, 3.8) is 0 Å². The highest BCUT2D eigenvalue weighted by Crippen LogP contribution is 2.11. The fourth-order valence-corrected chi connectivity index (χ4v) is 1.59. The number of carbonyl (C=O) groups is 2. The van der Waals surface area contributed by atoms with Gasteiger partial charge in [-0.3, -0.25) is 9.48 Å². The van der Waals surface area contributed by atoms with Crippen molar-refractivity contribution in [1.29, 1.82) is 0 Å². The van der Waals surface area contributed by atoms with Crippen LogP contribution in [0, 0.1) is 6.92 Å². The largest absolute Gasteiger partial charge is 0.478 e. The van der Waals surface area contributed by atoms with E-state index in [2.05, 4.69) is 10.4 Å². The van der Waals surface area contributed by atoms with E-state index in [0.29, 0.717) is 18.8 Å². The molecule has 0 bridgehead atoms. The van der Waals surface area contributed by atoms with E-state index in [1.165, 1.54) is 10.9 Å². The van der Waals surface area contributed by atoms with Crippen LogP contribution in [0.15, 0.2) is 6.20 Å². The van der Waals surface area contributed by atoms with Crippen molar-refractivity contribution in [3.05, 3.63) is 17.5 Å². The Balaban J connectivity index is 2.61. The number of nitrogens with one attached hydrogen (secondary N) is 1. The van der Waals surface area contributed by atoms with Gasteiger partial charge in [-0.2, -0.15) is 5.10 Å². The Morgan fingerprint density at radius 1 is 1.58 bits per heavy atom. The SMILES string of the molecule is COCCCNC(=O)C(C)n1cc(C(=O)O)c(C)n1. The fourth-order valence-electron chi connectivity index (χ4n) is 1.59.